The molecule has 0 aliphatic rings. The monoisotopic (exact) mass is 386 g/mol. The Balaban J connectivity index is 2.10. The zero-order valence-corrected chi connectivity index (χ0v) is 14.8. The third-order valence-electron chi connectivity index (χ3n) is 3.55. The summed E-state index contributed by atoms with van der Waals surface area (Å²) in [7, 11) is -3.97. The lowest BCUT2D eigenvalue weighted by Crippen LogP contribution is -2.33. The highest BCUT2D eigenvalue weighted by Gasteiger charge is 2.33. The zero-order chi connectivity index (χ0) is 19.5. The van der Waals surface area contributed by atoms with Crippen molar-refractivity contribution in [1.29, 1.82) is 0 Å². The van der Waals surface area contributed by atoms with Crippen LogP contribution in [-0.2, 0) is 21.0 Å². The summed E-state index contributed by atoms with van der Waals surface area (Å²) in [6.07, 6.45) is -4.64. The fourth-order valence-corrected chi connectivity index (χ4v) is 3.58. The molecular formula is C17H17F3N2O3S. The van der Waals surface area contributed by atoms with E-state index >= 15 is 0 Å². The molecule has 0 radical (unpaired) electrons. The molecule has 0 saturated carbocycles. The molecule has 2 rings (SSSR count). The van der Waals surface area contributed by atoms with Crippen molar-refractivity contribution in [2.45, 2.75) is 24.9 Å². The molecule has 0 aromatic heterocycles. The van der Waals surface area contributed by atoms with Crippen LogP contribution < -0.4 is 10.0 Å². The van der Waals surface area contributed by atoms with Gasteiger partial charge in [0.15, 0.2) is 0 Å². The Morgan fingerprint density at radius 1 is 1.08 bits per heavy atom. The minimum absolute atomic E-state index is 0.00610. The molecule has 0 fully saturated rings. The molecule has 2 aromatic rings. The van der Waals surface area contributed by atoms with Gasteiger partial charge in [-0.1, -0.05) is 29.8 Å². The summed E-state index contributed by atoms with van der Waals surface area (Å²) in [6, 6.07) is 9.15. The lowest BCUT2D eigenvalue weighted by atomic mass is 10.1. The lowest BCUT2D eigenvalue weighted by molar-refractivity contribution is -0.137. The summed E-state index contributed by atoms with van der Waals surface area (Å²) in [5, 5.41) is 2.08. The number of carbonyl (C=O) groups excluding carboxylic acids is 1. The second kappa shape index (κ2) is 7.46. The van der Waals surface area contributed by atoms with Gasteiger partial charge in [-0.2, -0.15) is 13.2 Å². The van der Waals surface area contributed by atoms with Crippen LogP contribution in [0.3, 0.4) is 0 Å². The van der Waals surface area contributed by atoms with Crippen LogP contribution in [0.25, 0.3) is 0 Å². The van der Waals surface area contributed by atoms with Crippen molar-refractivity contribution in [3.63, 3.8) is 0 Å². The number of amides is 1. The molecule has 26 heavy (non-hydrogen) atoms. The Kier molecular flexibility index (Phi) is 5.72. The number of alkyl halides is 3. The summed E-state index contributed by atoms with van der Waals surface area (Å²) in [5.74, 6) is -0.907. The maximum atomic E-state index is 12.9. The molecule has 5 nitrogen and oxygen atoms in total. The molecule has 0 aliphatic heterocycles. The van der Waals surface area contributed by atoms with Gasteiger partial charge in [-0.15, -0.1) is 0 Å². The predicted octanol–water partition coefficient (Wildman–Crippen LogP) is 3.24. The van der Waals surface area contributed by atoms with Crippen molar-refractivity contribution in [2.24, 2.45) is 0 Å². The van der Waals surface area contributed by atoms with Crippen molar-refractivity contribution in [1.82, 2.24) is 4.72 Å². The van der Waals surface area contributed by atoms with Gasteiger partial charge >= 0.3 is 6.18 Å². The first-order valence-electron chi connectivity index (χ1n) is 7.54. The van der Waals surface area contributed by atoms with Gasteiger partial charge in [0.05, 0.1) is 22.7 Å². The summed E-state index contributed by atoms with van der Waals surface area (Å²) in [5.41, 5.74) is -0.0652. The number of nitrogens with one attached hydrogen (secondary N) is 2. The Hall–Kier alpha value is -2.39. The number of benzene rings is 2. The number of anilines is 1. The van der Waals surface area contributed by atoms with Gasteiger partial charge in [0.25, 0.3) is 0 Å². The minimum atomic E-state index is -4.64. The van der Waals surface area contributed by atoms with E-state index in [-0.39, 0.29) is 4.90 Å². The first-order valence-corrected chi connectivity index (χ1v) is 9.02. The second-order valence-electron chi connectivity index (χ2n) is 5.69. The van der Waals surface area contributed by atoms with E-state index in [9.17, 15) is 26.4 Å². The van der Waals surface area contributed by atoms with Crippen molar-refractivity contribution in [3.8, 4) is 0 Å². The smallest absolute Gasteiger partial charge is 0.324 e. The van der Waals surface area contributed by atoms with Gasteiger partial charge in [0, 0.05) is 0 Å². The highest BCUT2D eigenvalue weighted by Crippen LogP contribution is 2.34. The van der Waals surface area contributed by atoms with Crippen LogP contribution in [0.5, 0.6) is 0 Å². The maximum absolute atomic E-state index is 12.9. The van der Waals surface area contributed by atoms with Crippen molar-refractivity contribution < 1.29 is 26.4 Å². The van der Waals surface area contributed by atoms with Crippen LogP contribution in [0, 0.1) is 13.8 Å². The Morgan fingerprint density at radius 3 is 2.35 bits per heavy atom. The van der Waals surface area contributed by atoms with Gasteiger partial charge in [-0.05, 0) is 37.6 Å². The average molecular weight is 386 g/mol. The molecule has 0 heterocycles. The first kappa shape index (κ1) is 19.9. The molecule has 140 valence electrons. The highest BCUT2D eigenvalue weighted by atomic mass is 32.2. The summed E-state index contributed by atoms with van der Waals surface area (Å²) >= 11 is 0. The van der Waals surface area contributed by atoms with Gasteiger partial charge < -0.3 is 5.32 Å². The minimum Gasteiger partial charge on any atom is -0.324 e. The van der Waals surface area contributed by atoms with Crippen LogP contribution in [0.15, 0.2) is 47.4 Å². The van der Waals surface area contributed by atoms with Gasteiger partial charge in [0.1, 0.15) is 0 Å². The predicted molar refractivity (Wildman–Crippen MR) is 91.2 cm³/mol. The van der Waals surface area contributed by atoms with E-state index in [2.05, 4.69) is 10.0 Å². The molecule has 0 unspecified atom stereocenters. The van der Waals surface area contributed by atoms with Crippen LogP contribution in [0.4, 0.5) is 18.9 Å². The molecule has 0 saturated heterocycles. The average Bonchev–Trinajstić information content (AvgIpc) is 2.52. The number of sulfonamides is 1. The number of rotatable bonds is 5. The van der Waals surface area contributed by atoms with E-state index in [4.69, 9.17) is 0 Å². The van der Waals surface area contributed by atoms with Crippen LogP contribution in [-0.4, -0.2) is 20.9 Å². The number of aryl methyl sites for hydroxylation is 2. The lowest BCUT2D eigenvalue weighted by Gasteiger charge is -2.14. The van der Waals surface area contributed by atoms with Gasteiger partial charge in [0.2, 0.25) is 15.9 Å². The van der Waals surface area contributed by atoms with E-state index in [1.807, 2.05) is 6.92 Å². The summed E-state index contributed by atoms with van der Waals surface area (Å²) in [6.45, 7) is 2.73. The normalized spacial score (nSPS) is 12.0. The van der Waals surface area contributed by atoms with Crippen molar-refractivity contribution >= 4 is 21.6 Å². The second-order valence-corrected chi connectivity index (χ2v) is 7.42. The quantitative estimate of drug-likeness (QED) is 0.828. The van der Waals surface area contributed by atoms with Gasteiger partial charge in [-0.25, -0.2) is 13.1 Å². The van der Waals surface area contributed by atoms with E-state index in [0.29, 0.717) is 5.56 Å². The van der Waals surface area contributed by atoms with Crippen LogP contribution >= 0.6 is 0 Å². The Labute approximate surface area is 149 Å². The number of para-hydroxylation sites is 1. The maximum Gasteiger partial charge on any atom is 0.418 e. The van der Waals surface area contributed by atoms with E-state index in [1.165, 1.54) is 18.2 Å². The Morgan fingerprint density at radius 2 is 1.73 bits per heavy atom. The van der Waals surface area contributed by atoms with E-state index in [0.717, 1.165) is 17.7 Å². The van der Waals surface area contributed by atoms with Gasteiger partial charge in [-0.3, -0.25) is 4.79 Å². The number of halogens is 3. The fourth-order valence-electron chi connectivity index (χ4n) is 2.37. The number of carbonyl (C=O) groups is 1. The number of hydrogen-bond acceptors (Lipinski definition) is 3. The largest absolute Gasteiger partial charge is 0.418 e. The fraction of sp³-hybridized carbons (Fsp3) is 0.235. The molecule has 1 amide bonds. The molecule has 0 atom stereocenters. The van der Waals surface area contributed by atoms with E-state index < -0.39 is 39.9 Å². The molecule has 0 bridgehead atoms. The topological polar surface area (TPSA) is 75.3 Å². The molecule has 2 aromatic carbocycles. The molecule has 2 N–H and O–H groups in total. The van der Waals surface area contributed by atoms with Crippen molar-refractivity contribution in [3.05, 3.63) is 59.2 Å². The standard InChI is InChI=1S/C17H17F3N2O3S/c1-11-7-8-15(12(2)9-11)26(24,25)21-10-16(23)22-14-6-4-3-5-13(14)17(18,19)20/h3-9,21H,10H2,1-2H3,(H,22,23). The first-order chi connectivity index (χ1) is 12.0. The molecular weight excluding hydrogens is 369 g/mol. The van der Waals surface area contributed by atoms with E-state index in [1.54, 1.807) is 19.1 Å². The third-order valence-corrected chi connectivity index (χ3v) is 5.11. The summed E-state index contributed by atoms with van der Waals surface area (Å²) < 4.78 is 65.4. The molecule has 0 spiro atoms. The van der Waals surface area contributed by atoms with Crippen molar-refractivity contribution in [2.75, 3.05) is 11.9 Å². The third kappa shape index (κ3) is 4.83. The SMILES string of the molecule is Cc1ccc(S(=O)(=O)NCC(=O)Nc2ccccc2C(F)(F)F)c(C)c1. The summed E-state index contributed by atoms with van der Waals surface area (Å²) in [4.78, 5) is 11.9. The van der Waals surface area contributed by atoms with Crippen LogP contribution in [0.2, 0.25) is 0 Å². The Bertz CT molecular complexity index is 925. The molecule has 9 heteroatoms. The van der Waals surface area contributed by atoms with Crippen LogP contribution in [0.1, 0.15) is 16.7 Å². The zero-order valence-electron chi connectivity index (χ0n) is 14.0. The highest BCUT2D eigenvalue weighted by molar-refractivity contribution is 7.89. The number of hydrogen-bond donors (Lipinski definition) is 2. The molecule has 0 aliphatic carbocycles.